The zero-order valence-corrected chi connectivity index (χ0v) is 14.4. The van der Waals surface area contributed by atoms with Crippen LogP contribution in [-0.2, 0) is 19.5 Å². The second-order valence-corrected chi connectivity index (χ2v) is 7.69. The minimum absolute atomic E-state index is 0.0439. The Balaban J connectivity index is 1.68. The van der Waals surface area contributed by atoms with Gasteiger partial charge in [-0.05, 0) is 44.4 Å². The van der Waals surface area contributed by atoms with Gasteiger partial charge in [-0.2, -0.15) is 0 Å². The zero-order chi connectivity index (χ0) is 17.2. The Morgan fingerprint density at radius 2 is 2.00 bits per heavy atom. The molecule has 1 heterocycles. The summed E-state index contributed by atoms with van der Waals surface area (Å²) in [5.74, 6) is -0.642. The van der Waals surface area contributed by atoms with E-state index in [1.165, 1.54) is 12.1 Å². The smallest absolute Gasteiger partial charge is 0.240 e. The van der Waals surface area contributed by atoms with Gasteiger partial charge >= 0.3 is 0 Å². The van der Waals surface area contributed by atoms with Gasteiger partial charge < -0.3 is 14.2 Å². The van der Waals surface area contributed by atoms with E-state index in [1.54, 1.807) is 6.92 Å². The molecule has 3 atom stereocenters. The Bertz CT molecular complexity index is 681. The molecule has 6 nitrogen and oxygen atoms in total. The Labute approximate surface area is 141 Å². The molecule has 1 N–H and O–H groups in total. The van der Waals surface area contributed by atoms with E-state index in [-0.39, 0.29) is 28.9 Å². The van der Waals surface area contributed by atoms with Crippen LogP contribution in [0.3, 0.4) is 0 Å². The van der Waals surface area contributed by atoms with Crippen molar-refractivity contribution in [3.8, 4) is 5.75 Å². The van der Waals surface area contributed by atoms with Crippen molar-refractivity contribution in [1.82, 2.24) is 4.72 Å². The average Bonchev–Trinajstić information content (AvgIpc) is 2.56. The highest BCUT2D eigenvalue weighted by Gasteiger charge is 2.35. The van der Waals surface area contributed by atoms with Gasteiger partial charge in [0.05, 0.1) is 36.9 Å². The third-order valence-electron chi connectivity index (χ3n) is 4.31. The van der Waals surface area contributed by atoms with E-state index < -0.39 is 15.8 Å². The summed E-state index contributed by atoms with van der Waals surface area (Å²) in [7, 11) is -3.79. The number of sulfonamides is 1. The number of rotatable bonds is 5. The highest BCUT2D eigenvalue weighted by molar-refractivity contribution is 7.89. The lowest BCUT2D eigenvalue weighted by molar-refractivity contribution is -0.156. The van der Waals surface area contributed by atoms with E-state index in [1.807, 2.05) is 0 Å². The fourth-order valence-electron chi connectivity index (χ4n) is 3.18. The second kappa shape index (κ2) is 7.35. The number of fused-ring (bicyclic) bond motifs is 1. The van der Waals surface area contributed by atoms with Crippen LogP contribution in [0.15, 0.2) is 23.1 Å². The Morgan fingerprint density at radius 3 is 2.71 bits per heavy atom. The van der Waals surface area contributed by atoms with Crippen molar-refractivity contribution in [3.63, 3.8) is 0 Å². The maximum atomic E-state index is 13.9. The molecule has 0 unspecified atom stereocenters. The Kier molecular flexibility index (Phi) is 5.39. The molecule has 1 aromatic carbocycles. The second-order valence-electron chi connectivity index (χ2n) is 5.97. The highest BCUT2D eigenvalue weighted by atomic mass is 32.2. The molecule has 1 saturated heterocycles. The summed E-state index contributed by atoms with van der Waals surface area (Å²) in [6.45, 7) is 3.17. The largest absolute Gasteiger partial charge is 0.491 e. The molecule has 0 aromatic heterocycles. The van der Waals surface area contributed by atoms with Crippen molar-refractivity contribution in [2.75, 3.05) is 19.8 Å². The molecule has 3 rings (SSSR count). The molecule has 1 aromatic rings. The monoisotopic (exact) mass is 359 g/mol. The van der Waals surface area contributed by atoms with Crippen LogP contribution >= 0.6 is 0 Å². The quantitative estimate of drug-likeness (QED) is 0.868. The summed E-state index contributed by atoms with van der Waals surface area (Å²) in [6.07, 6.45) is 1.93. The Morgan fingerprint density at radius 1 is 1.25 bits per heavy atom. The van der Waals surface area contributed by atoms with E-state index in [9.17, 15) is 12.8 Å². The highest BCUT2D eigenvalue weighted by Crippen LogP contribution is 2.28. The van der Waals surface area contributed by atoms with Crippen LogP contribution in [0.4, 0.5) is 4.39 Å². The lowest BCUT2D eigenvalue weighted by Crippen LogP contribution is -2.49. The van der Waals surface area contributed by atoms with Gasteiger partial charge in [-0.3, -0.25) is 0 Å². The third-order valence-corrected chi connectivity index (χ3v) is 5.83. The first-order valence-electron chi connectivity index (χ1n) is 8.17. The first-order chi connectivity index (χ1) is 11.5. The summed E-state index contributed by atoms with van der Waals surface area (Å²) in [4.78, 5) is -0.105. The minimum atomic E-state index is -3.79. The molecule has 1 saturated carbocycles. The number of benzene rings is 1. The van der Waals surface area contributed by atoms with Crippen LogP contribution in [0.25, 0.3) is 0 Å². The molecule has 2 fully saturated rings. The Hall–Kier alpha value is -1.22. The molecule has 1 aliphatic heterocycles. The normalized spacial score (nSPS) is 27.5. The van der Waals surface area contributed by atoms with E-state index >= 15 is 0 Å². The van der Waals surface area contributed by atoms with Gasteiger partial charge in [0.2, 0.25) is 10.0 Å². The minimum Gasteiger partial charge on any atom is -0.491 e. The molecule has 0 radical (unpaired) electrons. The number of ether oxygens (including phenoxy) is 3. The van der Waals surface area contributed by atoms with Crippen LogP contribution in [0.1, 0.15) is 26.2 Å². The molecule has 24 heavy (non-hydrogen) atoms. The first kappa shape index (κ1) is 17.6. The molecule has 0 bridgehead atoms. The van der Waals surface area contributed by atoms with Crippen LogP contribution in [0.2, 0.25) is 0 Å². The van der Waals surface area contributed by atoms with Gasteiger partial charge in [0.25, 0.3) is 0 Å². The van der Waals surface area contributed by atoms with Gasteiger partial charge in [0.1, 0.15) is 0 Å². The number of hydrogen-bond acceptors (Lipinski definition) is 5. The lowest BCUT2D eigenvalue weighted by Gasteiger charge is -2.38. The summed E-state index contributed by atoms with van der Waals surface area (Å²) in [6, 6.07) is 3.43. The van der Waals surface area contributed by atoms with E-state index in [0.717, 1.165) is 12.5 Å². The summed E-state index contributed by atoms with van der Waals surface area (Å²) >= 11 is 0. The molecule has 0 amide bonds. The molecular weight excluding hydrogens is 337 g/mol. The first-order valence-corrected chi connectivity index (χ1v) is 9.66. The lowest BCUT2D eigenvalue weighted by atomic mass is 9.90. The van der Waals surface area contributed by atoms with Crippen molar-refractivity contribution in [1.29, 1.82) is 0 Å². The van der Waals surface area contributed by atoms with Gasteiger partial charge in [-0.25, -0.2) is 17.5 Å². The number of hydrogen-bond donors (Lipinski definition) is 1. The standard InChI is InChI=1S/C16H22FNO5S/c1-2-21-14-6-4-12(10-13(14)17)24(19,20)18-11-3-5-15-16(9-11)23-8-7-22-15/h4,6,10-11,15-16,18H,2-3,5,7-9H2,1H3/t11-,15+,16+/m1/s1. The van der Waals surface area contributed by atoms with E-state index in [4.69, 9.17) is 14.2 Å². The predicted octanol–water partition coefficient (Wildman–Crippen LogP) is 1.84. The molecule has 0 spiro atoms. The average molecular weight is 359 g/mol. The van der Waals surface area contributed by atoms with Crippen LogP contribution in [0.5, 0.6) is 5.75 Å². The predicted molar refractivity (Wildman–Crippen MR) is 85.0 cm³/mol. The molecule has 8 heteroatoms. The number of halogens is 1. The van der Waals surface area contributed by atoms with Crippen LogP contribution < -0.4 is 9.46 Å². The maximum absolute atomic E-state index is 13.9. The van der Waals surface area contributed by atoms with E-state index in [0.29, 0.717) is 32.7 Å². The molecule has 1 aliphatic carbocycles. The van der Waals surface area contributed by atoms with Gasteiger partial charge in [-0.15, -0.1) is 0 Å². The van der Waals surface area contributed by atoms with Crippen molar-refractivity contribution >= 4 is 10.0 Å². The topological polar surface area (TPSA) is 73.9 Å². The van der Waals surface area contributed by atoms with E-state index in [2.05, 4.69) is 4.72 Å². The van der Waals surface area contributed by atoms with Crippen molar-refractivity contribution in [2.24, 2.45) is 0 Å². The SMILES string of the molecule is CCOc1ccc(S(=O)(=O)N[C@@H]2CC[C@@H]3OCCO[C@H]3C2)cc1F. The number of nitrogens with one attached hydrogen (secondary N) is 1. The zero-order valence-electron chi connectivity index (χ0n) is 13.5. The molecular formula is C16H22FNO5S. The fourth-order valence-corrected chi connectivity index (χ4v) is 4.48. The summed E-state index contributed by atoms with van der Waals surface area (Å²) in [5, 5.41) is 0. The molecule has 2 aliphatic rings. The summed E-state index contributed by atoms with van der Waals surface area (Å²) in [5.41, 5.74) is 0. The maximum Gasteiger partial charge on any atom is 0.240 e. The van der Waals surface area contributed by atoms with Gasteiger partial charge in [-0.1, -0.05) is 0 Å². The summed E-state index contributed by atoms with van der Waals surface area (Å²) < 4.78 is 57.9. The van der Waals surface area contributed by atoms with Crippen molar-refractivity contribution in [2.45, 2.75) is 49.3 Å². The molecule has 134 valence electrons. The van der Waals surface area contributed by atoms with Gasteiger partial charge in [0.15, 0.2) is 11.6 Å². The van der Waals surface area contributed by atoms with Crippen LogP contribution in [0, 0.1) is 5.82 Å². The van der Waals surface area contributed by atoms with Crippen molar-refractivity contribution in [3.05, 3.63) is 24.0 Å². The third kappa shape index (κ3) is 3.88. The van der Waals surface area contributed by atoms with Crippen LogP contribution in [-0.4, -0.2) is 46.5 Å². The van der Waals surface area contributed by atoms with Gasteiger partial charge in [0, 0.05) is 6.04 Å². The van der Waals surface area contributed by atoms with Crippen molar-refractivity contribution < 1.29 is 27.0 Å². The fraction of sp³-hybridized carbons (Fsp3) is 0.625.